The molecule has 0 saturated carbocycles. The van der Waals surface area contributed by atoms with Crippen LogP contribution in [0.2, 0.25) is 5.15 Å². The quantitative estimate of drug-likeness (QED) is 0.435. The molecule has 0 aliphatic heterocycles. The summed E-state index contributed by atoms with van der Waals surface area (Å²) in [4.78, 5) is 4.82. The van der Waals surface area contributed by atoms with E-state index in [2.05, 4.69) is 10.1 Å². The lowest BCUT2D eigenvalue weighted by Gasteiger charge is -1.86. The summed E-state index contributed by atoms with van der Waals surface area (Å²) in [5.74, 6) is 0. The number of aromatic nitrogens is 2. The molecular formula is C6H4ClN3OS. The summed E-state index contributed by atoms with van der Waals surface area (Å²) in [5, 5.41) is 13.5. The van der Waals surface area contributed by atoms with Crippen LogP contribution in [0.5, 0.6) is 0 Å². The van der Waals surface area contributed by atoms with Gasteiger partial charge in [-0.05, 0) is 0 Å². The molecule has 0 unspecified atom stereocenters. The van der Waals surface area contributed by atoms with Gasteiger partial charge in [0.05, 0.1) is 6.21 Å². The van der Waals surface area contributed by atoms with Crippen LogP contribution < -0.4 is 0 Å². The van der Waals surface area contributed by atoms with E-state index in [1.165, 1.54) is 17.6 Å². The smallest absolute Gasteiger partial charge is 0.195 e. The maximum atomic E-state index is 8.33. The topological polar surface area (TPSA) is 49.9 Å². The molecule has 0 fully saturated rings. The SMILES string of the molecule is O/N=C/c1c(Cl)nc2sccn12. The number of hydrogen-bond donors (Lipinski definition) is 1. The summed E-state index contributed by atoms with van der Waals surface area (Å²) in [6.45, 7) is 0. The third kappa shape index (κ3) is 0.981. The Morgan fingerprint density at radius 1 is 1.75 bits per heavy atom. The highest BCUT2D eigenvalue weighted by molar-refractivity contribution is 7.15. The molecule has 0 amide bonds. The second kappa shape index (κ2) is 2.76. The Kier molecular flexibility index (Phi) is 1.74. The molecule has 0 aliphatic rings. The van der Waals surface area contributed by atoms with Crippen LogP contribution in [0.15, 0.2) is 16.7 Å². The van der Waals surface area contributed by atoms with Crippen molar-refractivity contribution in [2.24, 2.45) is 5.16 Å². The Bertz CT molecular complexity index is 433. The van der Waals surface area contributed by atoms with E-state index in [1.807, 2.05) is 11.6 Å². The van der Waals surface area contributed by atoms with Crippen LogP contribution in [0.1, 0.15) is 5.69 Å². The third-order valence-electron chi connectivity index (χ3n) is 1.43. The monoisotopic (exact) mass is 201 g/mol. The highest BCUT2D eigenvalue weighted by Crippen LogP contribution is 2.19. The molecule has 2 heterocycles. The fourth-order valence-corrected chi connectivity index (χ4v) is 1.94. The van der Waals surface area contributed by atoms with Crippen molar-refractivity contribution in [1.82, 2.24) is 9.38 Å². The molecule has 0 saturated heterocycles. The van der Waals surface area contributed by atoms with Crippen molar-refractivity contribution in [2.45, 2.75) is 0 Å². The molecule has 2 aromatic rings. The van der Waals surface area contributed by atoms with Crippen LogP contribution in [0.4, 0.5) is 0 Å². The molecule has 2 aromatic heterocycles. The van der Waals surface area contributed by atoms with E-state index >= 15 is 0 Å². The van der Waals surface area contributed by atoms with Gasteiger partial charge in [0.2, 0.25) is 0 Å². The van der Waals surface area contributed by atoms with Crippen molar-refractivity contribution in [3.63, 3.8) is 0 Å². The zero-order valence-corrected chi connectivity index (χ0v) is 7.38. The number of imidazole rings is 1. The molecule has 0 radical (unpaired) electrons. The average Bonchev–Trinajstić information content (AvgIpc) is 2.56. The molecule has 12 heavy (non-hydrogen) atoms. The van der Waals surface area contributed by atoms with Gasteiger partial charge in [-0.1, -0.05) is 16.8 Å². The van der Waals surface area contributed by atoms with Crippen LogP contribution in [-0.2, 0) is 0 Å². The van der Waals surface area contributed by atoms with Crippen molar-refractivity contribution in [2.75, 3.05) is 0 Å². The number of fused-ring (bicyclic) bond motifs is 1. The summed E-state index contributed by atoms with van der Waals surface area (Å²) >= 11 is 7.23. The van der Waals surface area contributed by atoms with Crippen molar-refractivity contribution >= 4 is 34.1 Å². The van der Waals surface area contributed by atoms with Gasteiger partial charge >= 0.3 is 0 Å². The minimum atomic E-state index is 0.347. The standard InChI is InChI=1S/C6H4ClN3OS/c7-5-4(3-8-11)10-1-2-12-6(10)9-5/h1-3,11H/b8-3+. The van der Waals surface area contributed by atoms with Crippen LogP contribution in [0.3, 0.4) is 0 Å². The summed E-state index contributed by atoms with van der Waals surface area (Å²) in [7, 11) is 0. The van der Waals surface area contributed by atoms with Crippen molar-refractivity contribution in [1.29, 1.82) is 0 Å². The Morgan fingerprint density at radius 2 is 2.58 bits per heavy atom. The lowest BCUT2D eigenvalue weighted by atomic mass is 10.5. The maximum Gasteiger partial charge on any atom is 0.195 e. The van der Waals surface area contributed by atoms with Gasteiger partial charge in [0.15, 0.2) is 10.1 Å². The van der Waals surface area contributed by atoms with Gasteiger partial charge in [-0.15, -0.1) is 11.3 Å². The van der Waals surface area contributed by atoms with Gasteiger partial charge in [-0.25, -0.2) is 4.98 Å². The summed E-state index contributed by atoms with van der Waals surface area (Å²) < 4.78 is 1.76. The predicted molar refractivity (Wildman–Crippen MR) is 47.5 cm³/mol. The fraction of sp³-hybridized carbons (Fsp3) is 0. The summed E-state index contributed by atoms with van der Waals surface area (Å²) in [6.07, 6.45) is 3.07. The van der Waals surface area contributed by atoms with Crippen molar-refractivity contribution in [3.05, 3.63) is 22.4 Å². The van der Waals surface area contributed by atoms with E-state index in [9.17, 15) is 0 Å². The molecular weight excluding hydrogens is 198 g/mol. The number of oxime groups is 1. The first-order valence-electron chi connectivity index (χ1n) is 3.11. The average molecular weight is 202 g/mol. The highest BCUT2D eigenvalue weighted by atomic mass is 35.5. The van der Waals surface area contributed by atoms with Crippen LogP contribution in [0, 0.1) is 0 Å². The van der Waals surface area contributed by atoms with E-state index in [1.54, 1.807) is 4.40 Å². The lowest BCUT2D eigenvalue weighted by Crippen LogP contribution is -1.87. The molecule has 2 rings (SSSR count). The largest absolute Gasteiger partial charge is 0.411 e. The molecule has 4 nitrogen and oxygen atoms in total. The zero-order chi connectivity index (χ0) is 8.55. The van der Waals surface area contributed by atoms with E-state index < -0.39 is 0 Å². The predicted octanol–water partition coefficient (Wildman–Crippen LogP) is 1.86. The molecule has 0 aliphatic carbocycles. The van der Waals surface area contributed by atoms with Crippen LogP contribution >= 0.6 is 22.9 Å². The van der Waals surface area contributed by atoms with Crippen LogP contribution in [-0.4, -0.2) is 20.8 Å². The Hall–Kier alpha value is -1.07. The van der Waals surface area contributed by atoms with Gasteiger partial charge < -0.3 is 5.21 Å². The van der Waals surface area contributed by atoms with Gasteiger partial charge in [-0.2, -0.15) is 0 Å². The Balaban J connectivity index is 2.75. The Morgan fingerprint density at radius 3 is 3.33 bits per heavy atom. The van der Waals surface area contributed by atoms with Crippen molar-refractivity contribution in [3.8, 4) is 0 Å². The lowest BCUT2D eigenvalue weighted by molar-refractivity contribution is 0.321. The van der Waals surface area contributed by atoms with Gasteiger partial charge in [0.1, 0.15) is 5.69 Å². The molecule has 6 heteroatoms. The molecule has 0 aromatic carbocycles. The van der Waals surface area contributed by atoms with Crippen LogP contribution in [0.25, 0.3) is 4.96 Å². The van der Waals surface area contributed by atoms with E-state index in [4.69, 9.17) is 16.8 Å². The van der Waals surface area contributed by atoms with Crippen molar-refractivity contribution < 1.29 is 5.21 Å². The maximum absolute atomic E-state index is 8.33. The number of halogens is 1. The molecule has 1 N–H and O–H groups in total. The first kappa shape index (κ1) is 7.57. The Labute approximate surface area is 76.7 Å². The second-order valence-corrected chi connectivity index (χ2v) is 3.32. The zero-order valence-electron chi connectivity index (χ0n) is 5.81. The minimum Gasteiger partial charge on any atom is -0.411 e. The summed E-state index contributed by atoms with van der Waals surface area (Å²) in [6, 6.07) is 0. The first-order valence-corrected chi connectivity index (χ1v) is 4.37. The van der Waals surface area contributed by atoms with Gasteiger partial charge in [0, 0.05) is 11.6 Å². The van der Waals surface area contributed by atoms with E-state index in [-0.39, 0.29) is 0 Å². The number of nitrogens with zero attached hydrogens (tertiary/aromatic N) is 3. The van der Waals surface area contributed by atoms with E-state index in [0.717, 1.165) is 4.96 Å². The molecule has 62 valence electrons. The highest BCUT2D eigenvalue weighted by Gasteiger charge is 2.08. The molecule has 0 spiro atoms. The minimum absolute atomic E-state index is 0.347. The normalized spacial score (nSPS) is 11.8. The number of thiazole rings is 1. The second-order valence-electron chi connectivity index (χ2n) is 2.09. The fourth-order valence-electron chi connectivity index (χ4n) is 0.947. The van der Waals surface area contributed by atoms with E-state index in [0.29, 0.717) is 10.8 Å². The van der Waals surface area contributed by atoms with Gasteiger partial charge in [0.25, 0.3) is 0 Å². The van der Waals surface area contributed by atoms with Gasteiger partial charge in [-0.3, -0.25) is 4.40 Å². The number of hydrogen-bond acceptors (Lipinski definition) is 4. The molecule has 0 atom stereocenters. The molecule has 0 bridgehead atoms. The summed E-state index contributed by atoms with van der Waals surface area (Å²) in [5.41, 5.74) is 0.593. The number of rotatable bonds is 1. The first-order chi connectivity index (χ1) is 5.83. The third-order valence-corrected chi connectivity index (χ3v) is 2.47.